The van der Waals surface area contributed by atoms with Gasteiger partial charge in [-0.2, -0.15) is 0 Å². The van der Waals surface area contributed by atoms with Crippen LogP contribution in [0.15, 0.2) is 47.6 Å². The number of aromatic hydroxyl groups is 2. The molecule has 0 aliphatic rings. The van der Waals surface area contributed by atoms with E-state index >= 15 is 0 Å². The summed E-state index contributed by atoms with van der Waals surface area (Å²) in [5.74, 6) is 0.415. The van der Waals surface area contributed by atoms with E-state index in [1.165, 1.54) is 11.1 Å². The monoisotopic (exact) mass is 462 g/mol. The fourth-order valence-corrected chi connectivity index (χ4v) is 4.53. The molecule has 0 radical (unpaired) electrons. The summed E-state index contributed by atoms with van der Waals surface area (Å²) in [5, 5.41) is 23.0. The quantitative estimate of drug-likeness (QED) is 0.420. The lowest BCUT2D eigenvalue weighted by Gasteiger charge is -2.28. The molecule has 0 spiro atoms. The second-order valence-corrected chi connectivity index (χ2v) is 12.3. The number of rotatable bonds is 6. The van der Waals surface area contributed by atoms with Crippen molar-refractivity contribution in [1.29, 1.82) is 0 Å². The Hall–Kier alpha value is -2.48. The van der Waals surface area contributed by atoms with Crippen molar-refractivity contribution in [3.63, 3.8) is 0 Å². The predicted molar refractivity (Wildman–Crippen MR) is 147 cm³/mol. The Bertz CT molecular complexity index is 1010. The van der Waals surface area contributed by atoms with Crippen molar-refractivity contribution in [2.45, 2.75) is 106 Å². The molecule has 0 fully saturated rings. The van der Waals surface area contributed by atoms with Crippen LogP contribution >= 0.6 is 0 Å². The summed E-state index contributed by atoms with van der Waals surface area (Å²) >= 11 is 0. The number of aryl methyl sites for hydroxylation is 2. The minimum absolute atomic E-state index is 0.192. The third-order valence-electron chi connectivity index (χ3n) is 6.40. The van der Waals surface area contributed by atoms with E-state index in [1.54, 1.807) is 0 Å². The summed E-state index contributed by atoms with van der Waals surface area (Å²) in [6.45, 7) is 23.3. The number of hydrogen-bond acceptors (Lipinski definition) is 2. The summed E-state index contributed by atoms with van der Waals surface area (Å²) in [6, 6.07) is 8.32. The minimum atomic E-state index is -0.242. The summed E-state index contributed by atoms with van der Waals surface area (Å²) in [6.07, 6.45) is 6.42. The van der Waals surface area contributed by atoms with Crippen molar-refractivity contribution in [2.75, 3.05) is 0 Å². The van der Waals surface area contributed by atoms with Crippen molar-refractivity contribution in [3.8, 4) is 11.5 Å². The molecule has 2 aromatic rings. The van der Waals surface area contributed by atoms with Crippen LogP contribution < -0.4 is 0 Å². The average Bonchev–Trinajstić information content (AvgIpc) is 2.67. The average molecular weight is 463 g/mol. The summed E-state index contributed by atoms with van der Waals surface area (Å²) in [4.78, 5) is 0. The molecule has 0 saturated heterocycles. The molecule has 2 aromatic carbocycles. The summed E-state index contributed by atoms with van der Waals surface area (Å²) in [5.41, 5.74) is 7.99. The molecule has 34 heavy (non-hydrogen) atoms. The molecule has 0 unspecified atom stereocenters. The summed E-state index contributed by atoms with van der Waals surface area (Å²) in [7, 11) is 0. The first-order valence-electron chi connectivity index (χ1n) is 12.5. The zero-order chi connectivity index (χ0) is 26.0. The first-order valence-corrected chi connectivity index (χ1v) is 12.5. The molecule has 0 saturated carbocycles. The molecule has 2 N–H and O–H groups in total. The van der Waals surface area contributed by atoms with Gasteiger partial charge in [0.1, 0.15) is 11.5 Å². The Kier molecular flexibility index (Phi) is 8.51. The lowest BCUT2D eigenvalue weighted by atomic mass is 9.77. The number of phenols is 2. The van der Waals surface area contributed by atoms with Gasteiger partial charge in [-0.05, 0) is 69.4 Å². The number of hydrogen-bond donors (Lipinski definition) is 2. The van der Waals surface area contributed by atoms with Gasteiger partial charge in [-0.3, -0.25) is 0 Å². The highest BCUT2D eigenvalue weighted by atomic mass is 16.3. The van der Waals surface area contributed by atoms with Crippen molar-refractivity contribution < 1.29 is 10.2 Å². The van der Waals surface area contributed by atoms with Crippen LogP contribution in [0.25, 0.3) is 0 Å². The Labute approximate surface area is 208 Å². The molecule has 186 valence electrons. The lowest BCUT2D eigenvalue weighted by molar-refractivity contribution is 0.432. The first kappa shape index (κ1) is 27.8. The maximum absolute atomic E-state index is 11.5. The van der Waals surface area contributed by atoms with Gasteiger partial charge < -0.3 is 10.2 Å². The predicted octanol–water partition coefficient (Wildman–Crippen LogP) is 9.13. The second-order valence-electron chi connectivity index (χ2n) is 12.3. The molecule has 0 amide bonds. The number of allylic oxidation sites excluding steroid dienone is 4. The molecule has 0 aliphatic carbocycles. The van der Waals surface area contributed by atoms with Crippen LogP contribution in [0.4, 0.5) is 0 Å². The van der Waals surface area contributed by atoms with E-state index in [1.807, 2.05) is 0 Å². The van der Waals surface area contributed by atoms with Gasteiger partial charge in [0.05, 0.1) is 0 Å². The van der Waals surface area contributed by atoms with Gasteiger partial charge >= 0.3 is 0 Å². The van der Waals surface area contributed by atoms with E-state index in [0.717, 1.165) is 46.2 Å². The van der Waals surface area contributed by atoms with E-state index < -0.39 is 0 Å². The van der Waals surface area contributed by atoms with Crippen molar-refractivity contribution in [1.82, 2.24) is 0 Å². The van der Waals surface area contributed by atoms with Crippen molar-refractivity contribution in [3.05, 3.63) is 80.9 Å². The zero-order valence-electron chi connectivity index (χ0n) is 23.4. The zero-order valence-corrected chi connectivity index (χ0v) is 23.4. The van der Waals surface area contributed by atoms with Crippen LogP contribution in [0.2, 0.25) is 0 Å². The molecule has 0 heterocycles. The first-order chi connectivity index (χ1) is 15.5. The van der Waals surface area contributed by atoms with Gasteiger partial charge in [-0.1, -0.05) is 100 Å². The molecule has 2 rings (SSSR count). The largest absolute Gasteiger partial charge is 0.507 e. The van der Waals surface area contributed by atoms with Crippen LogP contribution in [-0.4, -0.2) is 10.2 Å². The van der Waals surface area contributed by atoms with Crippen LogP contribution in [-0.2, 0) is 10.8 Å². The van der Waals surface area contributed by atoms with Gasteiger partial charge in [-0.15, -0.1) is 0 Å². The highest BCUT2D eigenvalue weighted by Gasteiger charge is 2.28. The molecule has 2 heteroatoms. The van der Waals surface area contributed by atoms with E-state index in [9.17, 15) is 10.2 Å². The third kappa shape index (κ3) is 6.78. The van der Waals surface area contributed by atoms with Gasteiger partial charge in [0, 0.05) is 17.0 Å². The molecular formula is C32H46O2. The maximum Gasteiger partial charge on any atom is 0.123 e. The smallest absolute Gasteiger partial charge is 0.123 e. The molecule has 2 nitrogen and oxygen atoms in total. The lowest BCUT2D eigenvalue weighted by Crippen LogP contribution is -2.15. The number of benzene rings is 2. The molecule has 0 bridgehead atoms. The highest BCUT2D eigenvalue weighted by Crippen LogP contribution is 2.45. The SMILES string of the molecule is CC(C)=CCCC(C)=CC(c1cc(C)cc(C(C)(C)C)c1O)c1cc(C)cc(C(C)(C)C)c1O. The van der Waals surface area contributed by atoms with Gasteiger partial charge in [-0.25, -0.2) is 0 Å². The van der Waals surface area contributed by atoms with Gasteiger partial charge in [0.25, 0.3) is 0 Å². The Morgan fingerprint density at radius 1 is 0.765 bits per heavy atom. The summed E-state index contributed by atoms with van der Waals surface area (Å²) < 4.78 is 0. The van der Waals surface area contributed by atoms with Crippen LogP contribution in [0.5, 0.6) is 11.5 Å². The fraction of sp³-hybridized carbons (Fsp3) is 0.500. The molecule has 0 aliphatic heterocycles. The van der Waals surface area contributed by atoms with E-state index in [4.69, 9.17) is 0 Å². The Morgan fingerprint density at radius 2 is 1.18 bits per heavy atom. The van der Waals surface area contributed by atoms with Crippen LogP contribution in [0.1, 0.15) is 114 Å². The van der Waals surface area contributed by atoms with Crippen LogP contribution in [0.3, 0.4) is 0 Å². The maximum atomic E-state index is 11.5. The Morgan fingerprint density at radius 3 is 1.53 bits per heavy atom. The molecule has 0 atom stereocenters. The van der Waals surface area contributed by atoms with E-state index in [2.05, 4.69) is 113 Å². The number of phenolic OH excluding ortho intramolecular Hbond substituents is 2. The highest BCUT2D eigenvalue weighted by molar-refractivity contribution is 5.58. The van der Waals surface area contributed by atoms with E-state index in [-0.39, 0.29) is 16.7 Å². The van der Waals surface area contributed by atoms with Crippen molar-refractivity contribution in [2.24, 2.45) is 0 Å². The van der Waals surface area contributed by atoms with E-state index in [0.29, 0.717) is 11.5 Å². The third-order valence-corrected chi connectivity index (χ3v) is 6.40. The fourth-order valence-electron chi connectivity index (χ4n) is 4.53. The van der Waals surface area contributed by atoms with Gasteiger partial charge in [0.2, 0.25) is 0 Å². The second kappa shape index (κ2) is 10.4. The standard InChI is InChI=1S/C32H46O2/c1-20(2)13-12-14-21(3)15-24(25-16-22(4)18-27(29(25)33)31(6,7)8)26-17-23(5)19-28(30(26)34)32(9,10)11/h13,15-19,24,33-34H,12,14H2,1-11H3. The van der Waals surface area contributed by atoms with Crippen molar-refractivity contribution >= 4 is 0 Å². The Balaban J connectivity index is 2.83. The molecule has 0 aromatic heterocycles. The topological polar surface area (TPSA) is 40.5 Å². The van der Waals surface area contributed by atoms with Gasteiger partial charge in [0.15, 0.2) is 0 Å². The molecular weight excluding hydrogens is 416 g/mol. The normalized spacial score (nSPS) is 12.9. The minimum Gasteiger partial charge on any atom is -0.507 e. The van der Waals surface area contributed by atoms with Crippen LogP contribution in [0, 0.1) is 13.8 Å².